The molecule has 0 radical (unpaired) electrons. The molecule has 21 heavy (non-hydrogen) atoms. The lowest BCUT2D eigenvalue weighted by Gasteiger charge is -2.30. The van der Waals surface area contributed by atoms with Crippen molar-refractivity contribution in [2.45, 2.75) is 58.4 Å². The molecule has 4 heteroatoms. The van der Waals surface area contributed by atoms with Crippen LogP contribution in [0.15, 0.2) is 0 Å². The highest BCUT2D eigenvalue weighted by Gasteiger charge is 2.30. The van der Waals surface area contributed by atoms with Crippen LogP contribution in [-0.4, -0.2) is 61.0 Å². The molecule has 0 atom stereocenters. The van der Waals surface area contributed by atoms with Crippen LogP contribution in [-0.2, 0) is 4.79 Å². The van der Waals surface area contributed by atoms with Gasteiger partial charge >= 0.3 is 0 Å². The average molecular weight is 295 g/mol. The van der Waals surface area contributed by atoms with Crippen LogP contribution in [0.5, 0.6) is 0 Å². The van der Waals surface area contributed by atoms with Gasteiger partial charge in [-0.25, -0.2) is 0 Å². The third kappa shape index (κ3) is 5.59. The molecule has 2 aliphatic rings. The highest BCUT2D eigenvalue weighted by atomic mass is 16.2. The molecule has 122 valence electrons. The molecule has 2 fully saturated rings. The van der Waals surface area contributed by atoms with Crippen molar-refractivity contribution in [1.29, 1.82) is 0 Å². The molecule has 1 aliphatic carbocycles. The van der Waals surface area contributed by atoms with Gasteiger partial charge in [0, 0.05) is 32.1 Å². The van der Waals surface area contributed by atoms with Gasteiger partial charge in [0.15, 0.2) is 0 Å². The van der Waals surface area contributed by atoms with Crippen molar-refractivity contribution < 1.29 is 4.79 Å². The van der Waals surface area contributed by atoms with Crippen LogP contribution in [0.25, 0.3) is 0 Å². The van der Waals surface area contributed by atoms with Gasteiger partial charge in [-0.2, -0.15) is 0 Å². The maximum atomic E-state index is 12.1. The molecule has 0 unspecified atom stereocenters. The maximum Gasteiger partial charge on any atom is 0.222 e. The minimum atomic E-state index is 0.331. The van der Waals surface area contributed by atoms with Crippen molar-refractivity contribution in [3.63, 3.8) is 0 Å². The Kier molecular flexibility index (Phi) is 6.97. The SMILES string of the molecule is CCN(CC)C(=O)CCCN(CC1CCNCC1)C1CC1. The minimum absolute atomic E-state index is 0.331. The molecule has 1 N–H and O–H groups in total. The van der Waals surface area contributed by atoms with Crippen LogP contribution in [0, 0.1) is 5.92 Å². The second-order valence-corrected chi connectivity index (χ2v) is 6.59. The molecule has 0 aromatic rings. The number of amides is 1. The summed E-state index contributed by atoms with van der Waals surface area (Å²) in [7, 11) is 0. The quantitative estimate of drug-likeness (QED) is 0.707. The van der Waals surface area contributed by atoms with Crippen molar-refractivity contribution >= 4 is 5.91 Å². The lowest BCUT2D eigenvalue weighted by molar-refractivity contribution is -0.131. The van der Waals surface area contributed by atoms with Gasteiger partial charge in [-0.05, 0) is 71.5 Å². The molecule has 2 rings (SSSR count). The first-order valence-corrected chi connectivity index (χ1v) is 8.97. The van der Waals surface area contributed by atoms with E-state index in [2.05, 4.69) is 24.1 Å². The summed E-state index contributed by atoms with van der Waals surface area (Å²) in [5.41, 5.74) is 0. The van der Waals surface area contributed by atoms with E-state index >= 15 is 0 Å². The fourth-order valence-electron chi connectivity index (χ4n) is 3.43. The van der Waals surface area contributed by atoms with Crippen molar-refractivity contribution in [2.75, 3.05) is 39.3 Å². The number of hydrogen-bond donors (Lipinski definition) is 1. The number of piperidine rings is 1. The van der Waals surface area contributed by atoms with Gasteiger partial charge < -0.3 is 15.1 Å². The van der Waals surface area contributed by atoms with Gasteiger partial charge in [0.2, 0.25) is 5.91 Å². The average Bonchev–Trinajstić information content (AvgIpc) is 3.33. The Morgan fingerprint density at radius 3 is 2.33 bits per heavy atom. The van der Waals surface area contributed by atoms with Crippen LogP contribution >= 0.6 is 0 Å². The molecular weight excluding hydrogens is 262 g/mol. The highest BCUT2D eigenvalue weighted by molar-refractivity contribution is 5.76. The van der Waals surface area contributed by atoms with Gasteiger partial charge in [0.1, 0.15) is 0 Å². The zero-order valence-electron chi connectivity index (χ0n) is 13.9. The molecule has 4 nitrogen and oxygen atoms in total. The summed E-state index contributed by atoms with van der Waals surface area (Å²) < 4.78 is 0. The molecule has 0 aromatic heterocycles. The minimum Gasteiger partial charge on any atom is -0.343 e. The van der Waals surface area contributed by atoms with E-state index in [1.807, 2.05) is 4.90 Å². The number of carbonyl (C=O) groups is 1. The summed E-state index contributed by atoms with van der Waals surface area (Å²) in [5, 5.41) is 3.45. The Hall–Kier alpha value is -0.610. The van der Waals surface area contributed by atoms with E-state index in [-0.39, 0.29) is 0 Å². The Morgan fingerprint density at radius 2 is 1.76 bits per heavy atom. The second-order valence-electron chi connectivity index (χ2n) is 6.59. The van der Waals surface area contributed by atoms with Crippen LogP contribution in [0.1, 0.15) is 52.4 Å². The van der Waals surface area contributed by atoms with Gasteiger partial charge in [0.05, 0.1) is 0 Å². The molecular formula is C17H33N3O. The summed E-state index contributed by atoms with van der Waals surface area (Å²) in [6, 6.07) is 0.823. The molecule has 1 heterocycles. The van der Waals surface area contributed by atoms with Crippen LogP contribution in [0.3, 0.4) is 0 Å². The number of rotatable bonds is 9. The van der Waals surface area contributed by atoms with Crippen LogP contribution in [0.2, 0.25) is 0 Å². The smallest absolute Gasteiger partial charge is 0.222 e. The maximum absolute atomic E-state index is 12.1. The van der Waals surface area contributed by atoms with Crippen LogP contribution < -0.4 is 5.32 Å². The van der Waals surface area contributed by atoms with Crippen LogP contribution in [0.4, 0.5) is 0 Å². The van der Waals surface area contributed by atoms with E-state index in [0.717, 1.165) is 44.4 Å². The molecule has 0 bridgehead atoms. The second kappa shape index (κ2) is 8.74. The van der Waals surface area contributed by atoms with Crippen molar-refractivity contribution in [3.05, 3.63) is 0 Å². The Balaban J connectivity index is 1.69. The zero-order valence-corrected chi connectivity index (χ0v) is 13.9. The predicted octanol–water partition coefficient (Wildman–Crippen LogP) is 2.10. The fourth-order valence-corrected chi connectivity index (χ4v) is 3.43. The molecule has 1 saturated carbocycles. The van der Waals surface area contributed by atoms with Gasteiger partial charge in [-0.1, -0.05) is 0 Å². The zero-order chi connectivity index (χ0) is 15.1. The summed E-state index contributed by atoms with van der Waals surface area (Å²) in [6.45, 7) is 10.6. The molecule has 0 aromatic carbocycles. The Morgan fingerprint density at radius 1 is 1.10 bits per heavy atom. The third-order valence-electron chi connectivity index (χ3n) is 4.97. The van der Waals surface area contributed by atoms with Gasteiger partial charge in [0.25, 0.3) is 0 Å². The monoisotopic (exact) mass is 295 g/mol. The molecule has 1 aliphatic heterocycles. The first-order chi connectivity index (χ1) is 10.2. The number of hydrogen-bond acceptors (Lipinski definition) is 3. The number of nitrogens with one attached hydrogen (secondary N) is 1. The lowest BCUT2D eigenvalue weighted by Crippen LogP contribution is -2.38. The van der Waals surface area contributed by atoms with E-state index in [0.29, 0.717) is 5.91 Å². The third-order valence-corrected chi connectivity index (χ3v) is 4.97. The predicted molar refractivity (Wildman–Crippen MR) is 87.4 cm³/mol. The Labute approximate surface area is 130 Å². The molecule has 1 amide bonds. The van der Waals surface area contributed by atoms with Gasteiger partial charge in [-0.3, -0.25) is 4.79 Å². The highest BCUT2D eigenvalue weighted by Crippen LogP contribution is 2.29. The van der Waals surface area contributed by atoms with E-state index < -0.39 is 0 Å². The van der Waals surface area contributed by atoms with E-state index in [1.165, 1.54) is 45.3 Å². The molecule has 0 spiro atoms. The topological polar surface area (TPSA) is 35.6 Å². The standard InChI is InChI=1S/C17H33N3O/c1-3-19(4-2)17(21)6-5-13-20(16-7-8-16)14-15-9-11-18-12-10-15/h15-16,18H,3-14H2,1-2H3. The fraction of sp³-hybridized carbons (Fsp3) is 0.941. The molecule has 1 saturated heterocycles. The largest absolute Gasteiger partial charge is 0.343 e. The number of nitrogens with zero attached hydrogens (tertiary/aromatic N) is 2. The summed E-state index contributed by atoms with van der Waals surface area (Å²) in [5.74, 6) is 1.20. The van der Waals surface area contributed by atoms with Crippen molar-refractivity contribution in [1.82, 2.24) is 15.1 Å². The summed E-state index contributed by atoms with van der Waals surface area (Å²) in [4.78, 5) is 16.7. The first kappa shape index (κ1) is 16.8. The lowest BCUT2D eigenvalue weighted by atomic mass is 9.97. The summed E-state index contributed by atoms with van der Waals surface area (Å²) in [6.07, 6.45) is 7.13. The Bertz CT molecular complexity index is 307. The normalized spacial score (nSPS) is 20.0. The first-order valence-electron chi connectivity index (χ1n) is 8.97. The van der Waals surface area contributed by atoms with E-state index in [4.69, 9.17) is 0 Å². The van der Waals surface area contributed by atoms with E-state index in [9.17, 15) is 4.79 Å². The van der Waals surface area contributed by atoms with Gasteiger partial charge in [-0.15, -0.1) is 0 Å². The van der Waals surface area contributed by atoms with Crippen molar-refractivity contribution in [2.24, 2.45) is 5.92 Å². The van der Waals surface area contributed by atoms with E-state index in [1.54, 1.807) is 0 Å². The summed E-state index contributed by atoms with van der Waals surface area (Å²) >= 11 is 0. The van der Waals surface area contributed by atoms with Crippen molar-refractivity contribution in [3.8, 4) is 0 Å². The number of carbonyl (C=O) groups excluding carboxylic acids is 1.